The zero-order valence-corrected chi connectivity index (χ0v) is 9.03. The molecule has 82 valence electrons. The van der Waals surface area contributed by atoms with Crippen LogP contribution in [0.25, 0.3) is 0 Å². The zero-order valence-electron chi connectivity index (χ0n) is 8.27. The highest BCUT2D eigenvalue weighted by Gasteiger charge is 2.06. The molecule has 0 radical (unpaired) electrons. The lowest BCUT2D eigenvalue weighted by Gasteiger charge is -2.03. The van der Waals surface area contributed by atoms with Crippen molar-refractivity contribution in [2.24, 2.45) is 0 Å². The van der Waals surface area contributed by atoms with Crippen molar-refractivity contribution in [1.29, 1.82) is 0 Å². The van der Waals surface area contributed by atoms with Crippen molar-refractivity contribution in [2.75, 3.05) is 0 Å². The summed E-state index contributed by atoms with van der Waals surface area (Å²) in [5, 5.41) is 9.56. The van der Waals surface area contributed by atoms with E-state index in [1.807, 2.05) is 0 Å². The number of pyridine rings is 1. The van der Waals surface area contributed by atoms with Crippen molar-refractivity contribution in [1.82, 2.24) is 20.5 Å². The van der Waals surface area contributed by atoms with Gasteiger partial charge in [-0.15, -0.1) is 0 Å². The molecule has 0 atom stereocenters. The van der Waals surface area contributed by atoms with Crippen LogP contribution < -0.4 is 5.32 Å². The van der Waals surface area contributed by atoms with Crippen LogP contribution in [0, 0.1) is 0 Å². The fourth-order valence-electron chi connectivity index (χ4n) is 1.20. The Morgan fingerprint density at radius 1 is 1.44 bits per heavy atom. The summed E-state index contributed by atoms with van der Waals surface area (Å²) in [6.45, 7) is 0.402. The van der Waals surface area contributed by atoms with Gasteiger partial charge < -0.3 is 5.32 Å². The molecule has 0 fully saturated rings. The highest BCUT2D eigenvalue weighted by molar-refractivity contribution is 6.29. The Kier molecular flexibility index (Phi) is 3.16. The fraction of sp³-hybridized carbons (Fsp3) is 0.100. The number of rotatable bonds is 3. The van der Waals surface area contributed by atoms with Crippen LogP contribution in [0.15, 0.2) is 30.6 Å². The number of aromatic amines is 1. The molecule has 0 aliphatic carbocycles. The molecular weight excluding hydrogens is 228 g/mol. The first-order chi connectivity index (χ1) is 7.75. The summed E-state index contributed by atoms with van der Waals surface area (Å²) in [6, 6.07) is 4.91. The quantitative estimate of drug-likeness (QED) is 0.791. The molecule has 0 aromatic carbocycles. The van der Waals surface area contributed by atoms with E-state index in [0.29, 0.717) is 17.3 Å². The minimum atomic E-state index is -0.195. The number of amides is 1. The van der Waals surface area contributed by atoms with Crippen LogP contribution in [0.3, 0.4) is 0 Å². The summed E-state index contributed by atoms with van der Waals surface area (Å²) in [6.07, 6.45) is 3.12. The molecule has 0 saturated heterocycles. The molecule has 5 nitrogen and oxygen atoms in total. The molecule has 1 amide bonds. The van der Waals surface area contributed by atoms with Crippen LogP contribution in [0.2, 0.25) is 5.15 Å². The van der Waals surface area contributed by atoms with Crippen molar-refractivity contribution in [3.05, 3.63) is 47.0 Å². The molecule has 0 aliphatic heterocycles. The van der Waals surface area contributed by atoms with Crippen molar-refractivity contribution < 1.29 is 4.79 Å². The van der Waals surface area contributed by atoms with Crippen molar-refractivity contribution in [3.63, 3.8) is 0 Å². The van der Waals surface area contributed by atoms with E-state index in [4.69, 9.17) is 11.6 Å². The first-order valence-corrected chi connectivity index (χ1v) is 5.01. The van der Waals surface area contributed by atoms with Gasteiger partial charge in [-0.05, 0) is 18.2 Å². The average Bonchev–Trinajstić information content (AvgIpc) is 2.78. The summed E-state index contributed by atoms with van der Waals surface area (Å²) >= 11 is 5.68. The van der Waals surface area contributed by atoms with E-state index in [1.165, 1.54) is 12.3 Å². The van der Waals surface area contributed by atoms with E-state index in [2.05, 4.69) is 20.5 Å². The Morgan fingerprint density at radius 3 is 3.00 bits per heavy atom. The minimum absolute atomic E-state index is 0.195. The number of H-pyrrole nitrogens is 1. The highest BCUT2D eigenvalue weighted by atomic mass is 35.5. The lowest BCUT2D eigenvalue weighted by atomic mass is 10.2. The molecule has 2 aromatic rings. The molecule has 0 spiro atoms. The van der Waals surface area contributed by atoms with Gasteiger partial charge in [0.15, 0.2) is 0 Å². The minimum Gasteiger partial charge on any atom is -0.346 e. The smallest absolute Gasteiger partial charge is 0.251 e. The first-order valence-electron chi connectivity index (χ1n) is 4.64. The van der Waals surface area contributed by atoms with Gasteiger partial charge in [-0.25, -0.2) is 4.98 Å². The monoisotopic (exact) mass is 236 g/mol. The molecule has 0 unspecified atom stereocenters. The maximum Gasteiger partial charge on any atom is 0.251 e. The van der Waals surface area contributed by atoms with Crippen molar-refractivity contribution >= 4 is 17.5 Å². The second kappa shape index (κ2) is 4.76. The number of halogens is 1. The van der Waals surface area contributed by atoms with Gasteiger partial charge in [0, 0.05) is 18.0 Å². The normalized spacial score (nSPS) is 10.1. The van der Waals surface area contributed by atoms with E-state index in [-0.39, 0.29) is 5.91 Å². The number of hydrogen-bond donors (Lipinski definition) is 2. The van der Waals surface area contributed by atoms with Crippen LogP contribution in [0.1, 0.15) is 16.1 Å². The Bertz CT molecular complexity index is 483. The molecule has 6 heteroatoms. The molecule has 16 heavy (non-hydrogen) atoms. The lowest BCUT2D eigenvalue weighted by molar-refractivity contribution is 0.0950. The number of nitrogens with zero attached hydrogens (tertiary/aromatic N) is 2. The molecule has 2 rings (SSSR count). The van der Waals surface area contributed by atoms with Gasteiger partial charge in [0.2, 0.25) is 0 Å². The molecular formula is C10H9ClN4O. The molecule has 2 aromatic heterocycles. The van der Waals surface area contributed by atoms with E-state index < -0.39 is 0 Å². The second-order valence-corrected chi connectivity index (χ2v) is 3.52. The number of carbonyl (C=O) groups is 1. The first kappa shape index (κ1) is 10.6. The SMILES string of the molecule is O=C(NCc1ccn[nH]1)c1ccnc(Cl)c1. The highest BCUT2D eigenvalue weighted by Crippen LogP contribution is 2.06. The fourth-order valence-corrected chi connectivity index (χ4v) is 1.38. The van der Waals surface area contributed by atoms with Crippen molar-refractivity contribution in [2.45, 2.75) is 6.54 Å². The van der Waals surface area contributed by atoms with Gasteiger partial charge in [-0.1, -0.05) is 11.6 Å². The largest absolute Gasteiger partial charge is 0.346 e. The maximum atomic E-state index is 11.7. The van der Waals surface area contributed by atoms with E-state index in [1.54, 1.807) is 18.3 Å². The van der Waals surface area contributed by atoms with Crippen LogP contribution in [0.4, 0.5) is 0 Å². The van der Waals surface area contributed by atoms with Gasteiger partial charge in [0.25, 0.3) is 5.91 Å². The number of aromatic nitrogens is 3. The number of carbonyl (C=O) groups excluding carboxylic acids is 1. The van der Waals surface area contributed by atoms with E-state index in [9.17, 15) is 4.79 Å². The molecule has 2 N–H and O–H groups in total. The topological polar surface area (TPSA) is 70.7 Å². The summed E-state index contributed by atoms with van der Waals surface area (Å²) in [5.74, 6) is -0.195. The molecule has 2 heterocycles. The number of hydrogen-bond acceptors (Lipinski definition) is 3. The summed E-state index contributed by atoms with van der Waals surface area (Å²) in [4.78, 5) is 15.5. The van der Waals surface area contributed by atoms with Crippen LogP contribution in [0.5, 0.6) is 0 Å². The van der Waals surface area contributed by atoms with Gasteiger partial charge in [0.1, 0.15) is 5.15 Å². The third-order valence-corrected chi connectivity index (χ3v) is 2.19. The Hall–Kier alpha value is -1.88. The molecule has 0 bridgehead atoms. The lowest BCUT2D eigenvalue weighted by Crippen LogP contribution is -2.22. The van der Waals surface area contributed by atoms with E-state index >= 15 is 0 Å². The summed E-state index contributed by atoms with van der Waals surface area (Å²) in [7, 11) is 0. The van der Waals surface area contributed by atoms with Gasteiger partial charge in [-0.3, -0.25) is 9.89 Å². The van der Waals surface area contributed by atoms with Crippen LogP contribution in [-0.2, 0) is 6.54 Å². The Labute approximate surface area is 96.8 Å². The number of nitrogens with one attached hydrogen (secondary N) is 2. The van der Waals surface area contributed by atoms with Crippen LogP contribution in [-0.4, -0.2) is 21.1 Å². The third-order valence-electron chi connectivity index (χ3n) is 1.99. The predicted octanol–water partition coefficient (Wildman–Crippen LogP) is 1.39. The van der Waals surface area contributed by atoms with Crippen molar-refractivity contribution in [3.8, 4) is 0 Å². The van der Waals surface area contributed by atoms with Crippen LogP contribution >= 0.6 is 11.6 Å². The maximum absolute atomic E-state index is 11.7. The summed E-state index contributed by atoms with van der Waals surface area (Å²) in [5.41, 5.74) is 1.33. The Morgan fingerprint density at radius 2 is 2.31 bits per heavy atom. The molecule has 0 aliphatic rings. The molecule has 0 saturated carbocycles. The predicted molar refractivity (Wildman–Crippen MR) is 59.0 cm³/mol. The third kappa shape index (κ3) is 2.58. The average molecular weight is 237 g/mol. The zero-order chi connectivity index (χ0) is 11.4. The van der Waals surface area contributed by atoms with Gasteiger partial charge in [0.05, 0.1) is 12.2 Å². The Balaban J connectivity index is 1.98. The van der Waals surface area contributed by atoms with Gasteiger partial charge >= 0.3 is 0 Å². The standard InChI is InChI=1S/C10H9ClN4O/c11-9-5-7(1-3-12-9)10(16)13-6-8-2-4-14-15-8/h1-5H,6H2,(H,13,16)(H,14,15). The van der Waals surface area contributed by atoms with Gasteiger partial charge in [-0.2, -0.15) is 5.10 Å². The van der Waals surface area contributed by atoms with E-state index in [0.717, 1.165) is 5.69 Å². The summed E-state index contributed by atoms with van der Waals surface area (Å²) < 4.78 is 0. The second-order valence-electron chi connectivity index (χ2n) is 3.13.